The summed E-state index contributed by atoms with van der Waals surface area (Å²) in [6.07, 6.45) is 0.438. The van der Waals surface area contributed by atoms with E-state index in [1.807, 2.05) is 19.9 Å². The third-order valence-electron chi connectivity index (χ3n) is 3.35. The number of aryl methyl sites for hydroxylation is 2. The Kier molecular flexibility index (Phi) is 3.69. The lowest BCUT2D eigenvalue weighted by molar-refractivity contribution is 0.627. The van der Waals surface area contributed by atoms with Crippen molar-refractivity contribution < 1.29 is 4.39 Å². The molecule has 22 heavy (non-hydrogen) atoms. The molecule has 3 aromatic rings. The number of halogens is 1. The van der Waals surface area contributed by atoms with Gasteiger partial charge >= 0.3 is 0 Å². The first-order valence-electron chi connectivity index (χ1n) is 6.62. The fraction of sp³-hybridized carbons (Fsp3) is 0.200. The Labute approximate surface area is 130 Å². The lowest BCUT2D eigenvalue weighted by Crippen LogP contribution is -2.04. The van der Waals surface area contributed by atoms with Gasteiger partial charge in [0.2, 0.25) is 5.13 Å². The van der Waals surface area contributed by atoms with E-state index >= 15 is 0 Å². The van der Waals surface area contributed by atoms with Crippen molar-refractivity contribution >= 4 is 11.3 Å². The zero-order chi connectivity index (χ0) is 15.7. The molecule has 0 saturated carbocycles. The second-order valence-electron chi connectivity index (χ2n) is 4.85. The number of hydrogen-bond acceptors (Lipinski definition) is 5. The van der Waals surface area contributed by atoms with Crippen molar-refractivity contribution in [2.24, 2.45) is 0 Å². The Balaban J connectivity index is 2.04. The third-order valence-corrected chi connectivity index (χ3v) is 4.40. The van der Waals surface area contributed by atoms with Gasteiger partial charge in [-0.2, -0.15) is 9.94 Å². The SMILES string of the molecule is Cc1nc(-n2nnc(C#N)c2Cc2ccc(F)cc2)sc1C. The molecular formula is C15H12FN5S. The van der Waals surface area contributed by atoms with Gasteiger partial charge in [0.25, 0.3) is 0 Å². The van der Waals surface area contributed by atoms with Crippen molar-refractivity contribution in [3.63, 3.8) is 0 Å². The van der Waals surface area contributed by atoms with Crippen LogP contribution in [0.2, 0.25) is 0 Å². The lowest BCUT2D eigenvalue weighted by Gasteiger charge is -2.03. The van der Waals surface area contributed by atoms with Crippen LogP contribution in [-0.2, 0) is 6.42 Å². The highest BCUT2D eigenvalue weighted by molar-refractivity contribution is 7.14. The molecule has 2 aromatic heterocycles. The van der Waals surface area contributed by atoms with E-state index in [2.05, 4.69) is 15.3 Å². The Morgan fingerprint density at radius 2 is 2.00 bits per heavy atom. The normalized spacial score (nSPS) is 10.6. The van der Waals surface area contributed by atoms with Gasteiger partial charge in [0.05, 0.1) is 11.4 Å². The monoisotopic (exact) mass is 313 g/mol. The molecule has 0 amide bonds. The van der Waals surface area contributed by atoms with Crippen LogP contribution >= 0.6 is 11.3 Å². The van der Waals surface area contributed by atoms with E-state index in [-0.39, 0.29) is 11.5 Å². The number of rotatable bonds is 3. The van der Waals surface area contributed by atoms with E-state index in [4.69, 9.17) is 0 Å². The van der Waals surface area contributed by atoms with E-state index in [9.17, 15) is 9.65 Å². The van der Waals surface area contributed by atoms with Crippen molar-refractivity contribution in [3.05, 3.63) is 57.6 Å². The summed E-state index contributed by atoms with van der Waals surface area (Å²) < 4.78 is 14.6. The molecule has 0 unspecified atom stereocenters. The number of aromatic nitrogens is 4. The van der Waals surface area contributed by atoms with Crippen LogP contribution in [0.15, 0.2) is 24.3 Å². The standard InChI is InChI=1S/C15H12FN5S/c1-9-10(2)22-15(18-9)21-14(13(8-17)19-20-21)7-11-3-5-12(16)6-4-11/h3-6H,7H2,1-2H3. The first-order chi connectivity index (χ1) is 10.6. The minimum Gasteiger partial charge on any atom is -0.223 e. The molecule has 1 aromatic carbocycles. The third kappa shape index (κ3) is 2.61. The molecule has 0 aliphatic heterocycles. The molecule has 2 heterocycles. The molecule has 0 bridgehead atoms. The summed E-state index contributed by atoms with van der Waals surface area (Å²) in [5.41, 5.74) is 2.73. The number of nitrogens with zero attached hydrogens (tertiary/aromatic N) is 5. The molecule has 7 heteroatoms. The fourth-order valence-electron chi connectivity index (χ4n) is 2.04. The minimum absolute atomic E-state index is 0.259. The second kappa shape index (κ2) is 5.66. The molecule has 0 atom stereocenters. The molecule has 0 aliphatic carbocycles. The van der Waals surface area contributed by atoms with Crippen LogP contribution in [0.25, 0.3) is 5.13 Å². The van der Waals surface area contributed by atoms with Crippen LogP contribution in [-0.4, -0.2) is 20.0 Å². The van der Waals surface area contributed by atoms with Gasteiger partial charge in [-0.05, 0) is 31.5 Å². The van der Waals surface area contributed by atoms with Gasteiger partial charge in [0, 0.05) is 11.3 Å². The summed E-state index contributed by atoms with van der Waals surface area (Å²) >= 11 is 1.50. The van der Waals surface area contributed by atoms with E-state index in [1.54, 1.807) is 16.8 Å². The average molecular weight is 313 g/mol. The molecule has 110 valence electrons. The highest BCUT2D eigenvalue weighted by Gasteiger charge is 2.17. The Hall–Kier alpha value is -2.59. The van der Waals surface area contributed by atoms with Gasteiger partial charge in [0.1, 0.15) is 11.9 Å². The number of thiazole rings is 1. The van der Waals surface area contributed by atoms with E-state index in [1.165, 1.54) is 23.5 Å². The molecule has 5 nitrogen and oxygen atoms in total. The zero-order valence-corrected chi connectivity index (χ0v) is 12.9. The van der Waals surface area contributed by atoms with Gasteiger partial charge in [-0.25, -0.2) is 9.37 Å². The van der Waals surface area contributed by atoms with Crippen LogP contribution < -0.4 is 0 Å². The number of benzene rings is 1. The summed E-state index contributed by atoms with van der Waals surface area (Å²) in [6.45, 7) is 3.91. The molecule has 0 aliphatic rings. The van der Waals surface area contributed by atoms with Crippen LogP contribution in [0.3, 0.4) is 0 Å². The zero-order valence-electron chi connectivity index (χ0n) is 12.0. The van der Waals surface area contributed by atoms with Gasteiger partial charge < -0.3 is 0 Å². The van der Waals surface area contributed by atoms with Crippen LogP contribution in [0.1, 0.15) is 27.5 Å². The Morgan fingerprint density at radius 1 is 1.27 bits per heavy atom. The second-order valence-corrected chi connectivity index (χ2v) is 6.03. The molecule has 0 spiro atoms. The lowest BCUT2D eigenvalue weighted by atomic mass is 10.1. The van der Waals surface area contributed by atoms with Crippen molar-refractivity contribution in [3.8, 4) is 11.2 Å². The predicted molar refractivity (Wildman–Crippen MR) is 80.4 cm³/mol. The van der Waals surface area contributed by atoms with Gasteiger partial charge in [-0.3, -0.25) is 0 Å². The summed E-state index contributed by atoms with van der Waals surface area (Å²) in [6, 6.07) is 8.21. The van der Waals surface area contributed by atoms with Gasteiger partial charge in [-0.1, -0.05) is 28.7 Å². The molecule has 0 saturated heterocycles. The minimum atomic E-state index is -0.290. The first kappa shape index (κ1) is 14.4. The van der Waals surface area contributed by atoms with Crippen LogP contribution in [0, 0.1) is 31.0 Å². The highest BCUT2D eigenvalue weighted by Crippen LogP contribution is 2.23. The summed E-state index contributed by atoms with van der Waals surface area (Å²) in [5, 5.41) is 17.9. The maximum Gasteiger partial charge on any atom is 0.212 e. The quantitative estimate of drug-likeness (QED) is 0.745. The largest absolute Gasteiger partial charge is 0.223 e. The first-order valence-corrected chi connectivity index (χ1v) is 7.43. The molecule has 3 rings (SSSR count). The Bertz CT molecular complexity index is 838. The van der Waals surface area contributed by atoms with E-state index in [0.29, 0.717) is 17.2 Å². The molecular weight excluding hydrogens is 301 g/mol. The number of nitriles is 1. The number of hydrogen-bond donors (Lipinski definition) is 0. The summed E-state index contributed by atoms with van der Waals surface area (Å²) in [7, 11) is 0. The highest BCUT2D eigenvalue weighted by atomic mass is 32.1. The summed E-state index contributed by atoms with van der Waals surface area (Å²) in [5.74, 6) is -0.290. The predicted octanol–water partition coefficient (Wildman–Crippen LogP) is 2.94. The van der Waals surface area contributed by atoms with E-state index in [0.717, 1.165) is 16.1 Å². The molecule has 0 N–H and O–H groups in total. The fourth-order valence-corrected chi connectivity index (χ4v) is 2.93. The Morgan fingerprint density at radius 3 is 2.59 bits per heavy atom. The maximum atomic E-state index is 13.0. The smallest absolute Gasteiger partial charge is 0.212 e. The average Bonchev–Trinajstić information content (AvgIpc) is 3.05. The van der Waals surface area contributed by atoms with E-state index < -0.39 is 0 Å². The van der Waals surface area contributed by atoms with Crippen molar-refractivity contribution in [1.29, 1.82) is 5.26 Å². The summed E-state index contributed by atoms with van der Waals surface area (Å²) in [4.78, 5) is 5.55. The van der Waals surface area contributed by atoms with Crippen molar-refractivity contribution in [2.45, 2.75) is 20.3 Å². The van der Waals surface area contributed by atoms with Gasteiger partial charge in [-0.15, -0.1) is 5.10 Å². The van der Waals surface area contributed by atoms with Crippen LogP contribution in [0.5, 0.6) is 0 Å². The topological polar surface area (TPSA) is 67.4 Å². The van der Waals surface area contributed by atoms with Crippen molar-refractivity contribution in [1.82, 2.24) is 20.0 Å². The van der Waals surface area contributed by atoms with Crippen molar-refractivity contribution in [2.75, 3.05) is 0 Å². The molecule has 0 fully saturated rings. The molecule has 0 radical (unpaired) electrons. The maximum absolute atomic E-state index is 13.0. The van der Waals surface area contributed by atoms with Crippen LogP contribution in [0.4, 0.5) is 4.39 Å². The van der Waals surface area contributed by atoms with Gasteiger partial charge in [0.15, 0.2) is 5.69 Å².